The number of benzene rings is 1. The van der Waals surface area contributed by atoms with Crippen molar-refractivity contribution in [1.29, 1.82) is 0 Å². The lowest BCUT2D eigenvalue weighted by molar-refractivity contribution is -0.385. The Hall–Kier alpha value is -2.81. The summed E-state index contributed by atoms with van der Waals surface area (Å²) >= 11 is 1.75. The van der Waals surface area contributed by atoms with Gasteiger partial charge < -0.3 is 10.2 Å². The summed E-state index contributed by atoms with van der Waals surface area (Å²) in [5.74, 6) is -0.408. The number of aryl methyl sites for hydroxylation is 3. The Morgan fingerprint density at radius 3 is 2.84 bits per heavy atom. The Morgan fingerprint density at radius 2 is 2.10 bits per heavy atom. The first-order valence-electron chi connectivity index (χ1n) is 10.7. The Bertz CT molecular complexity index is 995. The van der Waals surface area contributed by atoms with Gasteiger partial charge in [0.2, 0.25) is 5.91 Å². The summed E-state index contributed by atoms with van der Waals surface area (Å²) < 4.78 is 0. The second-order valence-electron chi connectivity index (χ2n) is 8.14. The second-order valence-corrected chi connectivity index (χ2v) is 9.31. The van der Waals surface area contributed by atoms with E-state index >= 15 is 0 Å². The molecule has 1 saturated heterocycles. The molecule has 1 N–H and O–H groups in total. The van der Waals surface area contributed by atoms with Gasteiger partial charge in [-0.25, -0.2) is 4.98 Å². The number of nitro groups is 1. The van der Waals surface area contributed by atoms with Crippen LogP contribution in [0, 0.1) is 17.0 Å². The van der Waals surface area contributed by atoms with Crippen LogP contribution < -0.4 is 5.32 Å². The number of likely N-dealkylation sites (tertiary alicyclic amines) is 1. The van der Waals surface area contributed by atoms with Crippen LogP contribution in [0.5, 0.6) is 0 Å². The summed E-state index contributed by atoms with van der Waals surface area (Å²) in [6, 6.07) is 3.83. The smallest absolute Gasteiger partial charge is 0.272 e. The molecule has 1 aromatic heterocycles. The zero-order chi connectivity index (χ0) is 22.0. The Morgan fingerprint density at radius 1 is 1.29 bits per heavy atom. The average Bonchev–Trinajstić information content (AvgIpc) is 3.39. The number of fused-ring (bicyclic) bond motifs is 1. The average molecular weight is 443 g/mol. The van der Waals surface area contributed by atoms with Crippen molar-refractivity contribution in [3.05, 3.63) is 55.0 Å². The van der Waals surface area contributed by atoms with E-state index in [1.165, 1.54) is 41.6 Å². The highest BCUT2D eigenvalue weighted by Crippen LogP contribution is 2.27. The second kappa shape index (κ2) is 9.13. The van der Waals surface area contributed by atoms with Crippen molar-refractivity contribution in [2.75, 3.05) is 13.1 Å². The molecule has 2 heterocycles. The fraction of sp³-hybridized carbons (Fsp3) is 0.500. The van der Waals surface area contributed by atoms with Crippen LogP contribution in [0.4, 0.5) is 5.69 Å². The van der Waals surface area contributed by atoms with Crippen LogP contribution in [0.3, 0.4) is 0 Å². The fourth-order valence-corrected chi connectivity index (χ4v) is 5.52. The number of nitrogens with zero attached hydrogens (tertiary/aromatic N) is 3. The zero-order valence-electron chi connectivity index (χ0n) is 17.6. The highest BCUT2D eigenvalue weighted by atomic mass is 32.1. The van der Waals surface area contributed by atoms with Gasteiger partial charge in [0.25, 0.3) is 11.6 Å². The molecule has 31 heavy (non-hydrogen) atoms. The summed E-state index contributed by atoms with van der Waals surface area (Å²) in [6.45, 7) is 2.62. The van der Waals surface area contributed by atoms with Gasteiger partial charge in [0.05, 0.1) is 15.6 Å². The number of hydrogen-bond donors (Lipinski definition) is 1. The van der Waals surface area contributed by atoms with E-state index in [1.807, 2.05) is 0 Å². The number of rotatable bonds is 6. The lowest BCUT2D eigenvalue weighted by Crippen LogP contribution is -2.46. The van der Waals surface area contributed by atoms with Crippen LogP contribution >= 0.6 is 11.3 Å². The normalized spacial score (nSPS) is 18.0. The third-order valence-electron chi connectivity index (χ3n) is 5.98. The summed E-state index contributed by atoms with van der Waals surface area (Å²) in [7, 11) is 0. The molecule has 8 nitrogen and oxygen atoms in total. The molecule has 1 aliphatic heterocycles. The molecule has 0 radical (unpaired) electrons. The minimum Gasteiger partial charge on any atom is -0.354 e. The van der Waals surface area contributed by atoms with Crippen molar-refractivity contribution >= 4 is 28.8 Å². The van der Waals surface area contributed by atoms with Crippen LogP contribution in [0.1, 0.15) is 57.2 Å². The van der Waals surface area contributed by atoms with Gasteiger partial charge in [-0.05, 0) is 57.6 Å². The minimum absolute atomic E-state index is 0.0175. The van der Waals surface area contributed by atoms with Crippen LogP contribution in [-0.4, -0.2) is 45.8 Å². The fourth-order valence-electron chi connectivity index (χ4n) is 4.36. The molecule has 1 atom stereocenters. The first kappa shape index (κ1) is 21.4. The number of amides is 2. The van der Waals surface area contributed by atoms with Gasteiger partial charge in [0, 0.05) is 41.6 Å². The molecule has 2 amide bonds. The summed E-state index contributed by atoms with van der Waals surface area (Å²) in [5.41, 5.74) is 2.01. The van der Waals surface area contributed by atoms with Crippen molar-refractivity contribution in [2.24, 2.45) is 0 Å². The largest absolute Gasteiger partial charge is 0.354 e. The van der Waals surface area contributed by atoms with E-state index in [4.69, 9.17) is 4.98 Å². The number of thiazole rings is 1. The molecule has 164 valence electrons. The van der Waals surface area contributed by atoms with E-state index in [-0.39, 0.29) is 17.5 Å². The third kappa shape index (κ3) is 4.61. The van der Waals surface area contributed by atoms with E-state index in [9.17, 15) is 19.7 Å². The first-order chi connectivity index (χ1) is 14.9. The standard InChI is InChI=1S/C22H26N4O4S/c1-14-13-15(8-9-17(14)26(29)30)22(28)25-12-4-6-18(25)21(27)23-11-10-20-24-16-5-2-3-7-19(16)31-20/h8-9,13,18H,2-7,10-12H2,1H3,(H,23,27). The zero-order valence-corrected chi connectivity index (χ0v) is 18.4. The van der Waals surface area contributed by atoms with Gasteiger partial charge in [0.1, 0.15) is 6.04 Å². The van der Waals surface area contributed by atoms with Crippen molar-refractivity contribution < 1.29 is 14.5 Å². The molecule has 0 saturated carbocycles. The Kier molecular flexibility index (Phi) is 6.31. The molecule has 2 aliphatic rings. The lowest BCUT2D eigenvalue weighted by atomic mass is 10.0. The van der Waals surface area contributed by atoms with Crippen molar-refractivity contribution in [3.8, 4) is 0 Å². The molecule has 2 aromatic rings. The maximum atomic E-state index is 13.0. The molecule has 4 rings (SSSR count). The SMILES string of the molecule is Cc1cc(C(=O)N2CCCC2C(=O)NCCc2nc3c(s2)CCCC3)ccc1[N+](=O)[O-]. The van der Waals surface area contributed by atoms with Crippen molar-refractivity contribution in [2.45, 2.75) is 57.9 Å². The molecule has 0 spiro atoms. The predicted octanol–water partition coefficient (Wildman–Crippen LogP) is 3.20. The Balaban J connectivity index is 1.35. The lowest BCUT2D eigenvalue weighted by Gasteiger charge is -2.24. The highest BCUT2D eigenvalue weighted by molar-refractivity contribution is 7.11. The first-order valence-corrected chi connectivity index (χ1v) is 11.6. The monoisotopic (exact) mass is 442 g/mol. The van der Waals surface area contributed by atoms with E-state index in [0.717, 1.165) is 24.3 Å². The van der Waals surface area contributed by atoms with Crippen LogP contribution in [-0.2, 0) is 24.1 Å². The summed E-state index contributed by atoms with van der Waals surface area (Å²) in [4.78, 5) is 44.0. The van der Waals surface area contributed by atoms with E-state index < -0.39 is 11.0 Å². The van der Waals surface area contributed by atoms with Gasteiger partial charge >= 0.3 is 0 Å². The molecular weight excluding hydrogens is 416 g/mol. The van der Waals surface area contributed by atoms with Gasteiger partial charge in [0.15, 0.2) is 0 Å². The predicted molar refractivity (Wildman–Crippen MR) is 117 cm³/mol. The van der Waals surface area contributed by atoms with Crippen LogP contribution in [0.25, 0.3) is 0 Å². The summed E-state index contributed by atoms with van der Waals surface area (Å²) in [6.07, 6.45) is 6.67. The molecular formula is C22H26N4O4S. The van der Waals surface area contributed by atoms with Gasteiger partial charge in [-0.2, -0.15) is 0 Å². The van der Waals surface area contributed by atoms with E-state index in [2.05, 4.69) is 5.32 Å². The number of hydrogen-bond acceptors (Lipinski definition) is 6. The number of nitro benzene ring substituents is 1. The maximum Gasteiger partial charge on any atom is 0.272 e. The van der Waals surface area contributed by atoms with Crippen molar-refractivity contribution in [3.63, 3.8) is 0 Å². The third-order valence-corrected chi connectivity index (χ3v) is 7.20. The van der Waals surface area contributed by atoms with Crippen LogP contribution in [0.15, 0.2) is 18.2 Å². The van der Waals surface area contributed by atoms with E-state index in [0.29, 0.717) is 37.1 Å². The number of nitrogens with one attached hydrogen (secondary N) is 1. The van der Waals surface area contributed by atoms with E-state index in [1.54, 1.807) is 23.2 Å². The molecule has 1 aliphatic carbocycles. The summed E-state index contributed by atoms with van der Waals surface area (Å²) in [5, 5.41) is 15.0. The van der Waals surface area contributed by atoms with Gasteiger partial charge in [-0.3, -0.25) is 19.7 Å². The molecule has 1 aromatic carbocycles. The maximum absolute atomic E-state index is 13.0. The molecule has 1 unspecified atom stereocenters. The molecule has 9 heteroatoms. The van der Waals surface area contributed by atoms with Gasteiger partial charge in [-0.15, -0.1) is 11.3 Å². The minimum atomic E-state index is -0.507. The number of carbonyl (C=O) groups excluding carboxylic acids is 2. The molecule has 0 bridgehead atoms. The quantitative estimate of drug-likeness (QED) is 0.546. The van der Waals surface area contributed by atoms with Crippen LogP contribution in [0.2, 0.25) is 0 Å². The highest BCUT2D eigenvalue weighted by Gasteiger charge is 2.34. The Labute approximate surface area is 184 Å². The number of carbonyl (C=O) groups is 2. The number of aromatic nitrogens is 1. The topological polar surface area (TPSA) is 105 Å². The molecule has 1 fully saturated rings. The van der Waals surface area contributed by atoms with Gasteiger partial charge in [-0.1, -0.05) is 0 Å². The van der Waals surface area contributed by atoms with Crippen molar-refractivity contribution in [1.82, 2.24) is 15.2 Å².